The van der Waals surface area contributed by atoms with E-state index < -0.39 is 42.8 Å². The Morgan fingerprint density at radius 3 is 2.68 bits per heavy atom. The summed E-state index contributed by atoms with van der Waals surface area (Å²) in [6.07, 6.45) is -5.01. The second-order valence-electron chi connectivity index (χ2n) is 6.00. The lowest BCUT2D eigenvalue weighted by Crippen LogP contribution is -2.33. The van der Waals surface area contributed by atoms with Crippen LogP contribution in [0.1, 0.15) is 37.9 Å². The van der Waals surface area contributed by atoms with Gasteiger partial charge in [-0.15, -0.1) is 0 Å². The van der Waals surface area contributed by atoms with Gasteiger partial charge in [-0.05, 0) is 6.42 Å². The first-order chi connectivity index (χ1) is 11.9. The number of rotatable bonds is 5. The van der Waals surface area contributed by atoms with Crippen molar-refractivity contribution in [2.75, 3.05) is 12.3 Å². The highest BCUT2D eigenvalue weighted by atomic mass is 16.6. The topological polar surface area (TPSA) is 180 Å². The molecule has 1 aliphatic rings. The maximum absolute atomic E-state index is 12.1. The van der Waals surface area contributed by atoms with E-state index in [-0.39, 0.29) is 22.9 Å². The summed E-state index contributed by atoms with van der Waals surface area (Å²) in [5, 5.41) is 40.0. The Kier molecular flexibility index (Phi) is 4.75. The number of fused-ring (bicyclic) bond motifs is 1. The predicted molar refractivity (Wildman–Crippen MR) is 85.4 cm³/mol. The van der Waals surface area contributed by atoms with E-state index in [4.69, 9.17) is 10.5 Å². The Labute approximate surface area is 141 Å². The highest BCUT2D eigenvalue weighted by Gasteiger charge is 2.45. The standard InChI is InChI=1S/C14H21N5O6/c1-2-3-5(21)10-16-7-11(17-14(15)18-12(7)24)19(10)13-9(23)8(22)6(4-20)25-13/h5-6,8-9,13,20-23H,2-4H2,1H3,(H3,15,17,18,24)/t5?,6-,8-,9-,13-/m1/s1. The lowest BCUT2D eigenvalue weighted by molar-refractivity contribution is -0.0548. The molecule has 11 heteroatoms. The van der Waals surface area contributed by atoms with Crippen molar-refractivity contribution < 1.29 is 25.2 Å². The van der Waals surface area contributed by atoms with Crippen molar-refractivity contribution in [3.05, 3.63) is 16.2 Å². The predicted octanol–water partition coefficient (Wildman–Crippen LogP) is -1.85. The Morgan fingerprint density at radius 1 is 1.36 bits per heavy atom. The number of nitrogens with zero attached hydrogens (tertiary/aromatic N) is 3. The minimum atomic E-state index is -1.41. The molecule has 1 fully saturated rings. The van der Waals surface area contributed by atoms with E-state index in [0.29, 0.717) is 12.8 Å². The van der Waals surface area contributed by atoms with E-state index in [1.54, 1.807) is 0 Å². The molecule has 5 atom stereocenters. The number of hydrogen-bond donors (Lipinski definition) is 6. The molecule has 7 N–H and O–H groups in total. The molecule has 3 rings (SSSR count). The van der Waals surface area contributed by atoms with E-state index in [9.17, 15) is 25.2 Å². The van der Waals surface area contributed by atoms with Crippen molar-refractivity contribution in [2.45, 2.75) is 50.4 Å². The molecule has 11 nitrogen and oxygen atoms in total. The normalized spacial score (nSPS) is 27.9. The quantitative estimate of drug-likeness (QED) is 0.359. The molecule has 2 aromatic heterocycles. The van der Waals surface area contributed by atoms with Crippen LogP contribution in [0.15, 0.2) is 4.79 Å². The summed E-state index contributed by atoms with van der Waals surface area (Å²) in [5.41, 5.74) is 4.93. The third-order valence-electron chi connectivity index (χ3n) is 4.23. The van der Waals surface area contributed by atoms with Crippen LogP contribution in [0, 0.1) is 0 Å². The van der Waals surface area contributed by atoms with Crippen LogP contribution < -0.4 is 11.3 Å². The number of aliphatic hydroxyl groups excluding tert-OH is 4. The average Bonchev–Trinajstić information content (AvgIpc) is 3.07. The number of imidazole rings is 1. The van der Waals surface area contributed by atoms with Crippen LogP contribution in [-0.4, -0.2) is 64.9 Å². The molecule has 0 aliphatic carbocycles. The van der Waals surface area contributed by atoms with Gasteiger partial charge in [0.1, 0.15) is 30.2 Å². The fourth-order valence-corrected chi connectivity index (χ4v) is 3.00. The molecular weight excluding hydrogens is 334 g/mol. The van der Waals surface area contributed by atoms with E-state index in [0.717, 1.165) is 0 Å². The number of H-pyrrole nitrogens is 1. The first-order valence-corrected chi connectivity index (χ1v) is 7.97. The highest BCUT2D eigenvalue weighted by Crippen LogP contribution is 2.34. The molecule has 0 spiro atoms. The summed E-state index contributed by atoms with van der Waals surface area (Å²) >= 11 is 0. The maximum atomic E-state index is 12.1. The largest absolute Gasteiger partial charge is 0.394 e. The van der Waals surface area contributed by atoms with Crippen LogP contribution in [0.4, 0.5) is 5.95 Å². The summed E-state index contributed by atoms with van der Waals surface area (Å²) < 4.78 is 6.76. The number of aliphatic hydroxyl groups is 4. The fraction of sp³-hybridized carbons (Fsp3) is 0.643. The molecular formula is C14H21N5O6. The zero-order valence-corrected chi connectivity index (χ0v) is 13.5. The summed E-state index contributed by atoms with van der Waals surface area (Å²) in [6, 6.07) is 0. The van der Waals surface area contributed by atoms with Crippen molar-refractivity contribution in [3.63, 3.8) is 0 Å². The van der Waals surface area contributed by atoms with Gasteiger partial charge in [0.2, 0.25) is 5.95 Å². The van der Waals surface area contributed by atoms with Crippen molar-refractivity contribution in [1.82, 2.24) is 19.5 Å². The van der Waals surface area contributed by atoms with Gasteiger partial charge in [0, 0.05) is 0 Å². The second kappa shape index (κ2) is 6.69. The third-order valence-corrected chi connectivity index (χ3v) is 4.23. The number of aromatic amines is 1. The molecule has 0 amide bonds. The first-order valence-electron chi connectivity index (χ1n) is 7.97. The summed E-state index contributed by atoms with van der Waals surface area (Å²) in [6.45, 7) is 1.36. The highest BCUT2D eigenvalue weighted by molar-refractivity contribution is 5.71. The molecule has 1 unspecified atom stereocenters. The van der Waals surface area contributed by atoms with Crippen molar-refractivity contribution in [2.24, 2.45) is 0 Å². The lowest BCUT2D eigenvalue weighted by Gasteiger charge is -2.21. The van der Waals surface area contributed by atoms with Crippen LogP contribution >= 0.6 is 0 Å². The molecule has 3 heterocycles. The maximum Gasteiger partial charge on any atom is 0.280 e. The first kappa shape index (κ1) is 17.8. The third kappa shape index (κ3) is 2.89. The summed E-state index contributed by atoms with van der Waals surface area (Å²) in [4.78, 5) is 22.6. The molecule has 1 saturated heterocycles. The Hall–Kier alpha value is -2.05. The van der Waals surface area contributed by atoms with E-state index in [1.165, 1.54) is 4.57 Å². The number of anilines is 1. The second-order valence-corrected chi connectivity index (χ2v) is 6.00. The van der Waals surface area contributed by atoms with Gasteiger partial charge in [0.15, 0.2) is 17.4 Å². The molecule has 25 heavy (non-hydrogen) atoms. The van der Waals surface area contributed by atoms with E-state index >= 15 is 0 Å². The monoisotopic (exact) mass is 355 g/mol. The fourth-order valence-electron chi connectivity index (χ4n) is 3.00. The summed E-state index contributed by atoms with van der Waals surface area (Å²) in [7, 11) is 0. The Morgan fingerprint density at radius 2 is 2.08 bits per heavy atom. The van der Waals surface area contributed by atoms with Crippen molar-refractivity contribution in [1.29, 1.82) is 0 Å². The number of aromatic nitrogens is 4. The molecule has 2 aromatic rings. The average molecular weight is 355 g/mol. The van der Waals surface area contributed by atoms with Gasteiger partial charge in [0.05, 0.1) is 6.61 Å². The van der Waals surface area contributed by atoms with Crippen molar-refractivity contribution in [3.8, 4) is 0 Å². The van der Waals surface area contributed by atoms with Gasteiger partial charge >= 0.3 is 0 Å². The van der Waals surface area contributed by atoms with Gasteiger partial charge in [-0.25, -0.2) is 4.98 Å². The van der Waals surface area contributed by atoms with Gasteiger partial charge in [0.25, 0.3) is 5.56 Å². The number of ether oxygens (including phenoxy) is 1. The van der Waals surface area contributed by atoms with Crippen LogP contribution in [0.2, 0.25) is 0 Å². The van der Waals surface area contributed by atoms with Crippen LogP contribution in [-0.2, 0) is 4.74 Å². The Bertz CT molecular complexity index is 820. The van der Waals surface area contributed by atoms with Crippen LogP contribution in [0.3, 0.4) is 0 Å². The molecule has 0 aromatic carbocycles. The van der Waals surface area contributed by atoms with Crippen molar-refractivity contribution >= 4 is 17.1 Å². The van der Waals surface area contributed by atoms with Crippen LogP contribution in [0.5, 0.6) is 0 Å². The molecule has 0 saturated carbocycles. The lowest BCUT2D eigenvalue weighted by atomic mass is 10.1. The number of nitrogen functional groups attached to an aromatic ring is 1. The van der Waals surface area contributed by atoms with Gasteiger partial charge in [-0.2, -0.15) is 4.98 Å². The SMILES string of the molecule is CCCC(O)c1nc2c(=O)[nH]c(N)nc2n1[C@@H]1O[C@H](CO)[C@@H](O)[C@H]1O. The molecule has 0 radical (unpaired) electrons. The Balaban J connectivity index is 2.21. The smallest absolute Gasteiger partial charge is 0.280 e. The van der Waals surface area contributed by atoms with Crippen LogP contribution in [0.25, 0.3) is 11.2 Å². The van der Waals surface area contributed by atoms with E-state index in [1.807, 2.05) is 6.92 Å². The van der Waals surface area contributed by atoms with Gasteiger partial charge in [-0.3, -0.25) is 14.3 Å². The minimum Gasteiger partial charge on any atom is -0.394 e. The number of hydrogen-bond acceptors (Lipinski definition) is 9. The summed E-state index contributed by atoms with van der Waals surface area (Å²) in [5.74, 6) is -0.0998. The zero-order valence-electron chi connectivity index (χ0n) is 13.5. The number of nitrogens with one attached hydrogen (secondary N) is 1. The molecule has 138 valence electrons. The molecule has 1 aliphatic heterocycles. The van der Waals surface area contributed by atoms with Gasteiger partial charge in [-0.1, -0.05) is 13.3 Å². The molecule has 0 bridgehead atoms. The zero-order chi connectivity index (χ0) is 18.3. The minimum absolute atomic E-state index is 0.0150. The van der Waals surface area contributed by atoms with Gasteiger partial charge < -0.3 is 30.9 Å². The number of nitrogens with two attached hydrogens (primary N) is 1. The van der Waals surface area contributed by atoms with E-state index in [2.05, 4.69) is 15.0 Å².